The summed E-state index contributed by atoms with van der Waals surface area (Å²) in [5, 5.41) is 12.3. The summed E-state index contributed by atoms with van der Waals surface area (Å²) in [6.45, 7) is 1.63. The van der Waals surface area contributed by atoms with Gasteiger partial charge in [-0.05, 0) is 41.1 Å². The minimum Gasteiger partial charge on any atom is -0.477 e. The van der Waals surface area contributed by atoms with E-state index >= 15 is 0 Å². The average Bonchev–Trinajstić information content (AvgIpc) is 2.65. The van der Waals surface area contributed by atoms with Crippen molar-refractivity contribution in [2.45, 2.75) is 6.92 Å². The van der Waals surface area contributed by atoms with Crippen LogP contribution in [0.3, 0.4) is 0 Å². The molecule has 0 saturated heterocycles. The van der Waals surface area contributed by atoms with Gasteiger partial charge in [-0.15, -0.1) is 0 Å². The summed E-state index contributed by atoms with van der Waals surface area (Å²) in [7, 11) is 0. The van der Waals surface area contributed by atoms with Crippen molar-refractivity contribution < 1.29 is 14.3 Å². The van der Waals surface area contributed by atoms with E-state index in [1.54, 1.807) is 19.1 Å². The molecule has 0 aliphatic carbocycles. The molecule has 1 heterocycles. The largest absolute Gasteiger partial charge is 0.477 e. The van der Waals surface area contributed by atoms with Gasteiger partial charge < -0.3 is 10.4 Å². The smallest absolute Gasteiger partial charge is 0.347 e. The molecule has 2 rings (SSSR count). The van der Waals surface area contributed by atoms with Gasteiger partial charge in [-0.3, -0.25) is 0 Å². The quantitative estimate of drug-likeness (QED) is 0.898. The number of hydrogen-bond acceptors (Lipinski definition) is 4. The van der Waals surface area contributed by atoms with Gasteiger partial charge in [-0.1, -0.05) is 11.3 Å². The summed E-state index contributed by atoms with van der Waals surface area (Å²) in [6, 6.07) is 4.43. The maximum absolute atomic E-state index is 13.0. The number of carboxylic acids is 1. The standard InChI is InChI=1S/C11H8BrFN2O2S/c1-5-9(10(16)17)18-11(14-5)15-6-2-3-8(13)7(12)4-6/h2-4H,1H3,(H,14,15)(H,16,17). The highest BCUT2D eigenvalue weighted by Crippen LogP contribution is 2.27. The molecule has 2 N–H and O–H groups in total. The second-order valence-electron chi connectivity index (χ2n) is 3.49. The number of nitrogens with one attached hydrogen (secondary N) is 1. The van der Waals surface area contributed by atoms with Gasteiger partial charge in [0.05, 0.1) is 10.2 Å². The van der Waals surface area contributed by atoms with Gasteiger partial charge in [0.25, 0.3) is 0 Å². The maximum atomic E-state index is 13.0. The van der Waals surface area contributed by atoms with Crippen molar-refractivity contribution in [3.05, 3.63) is 39.1 Å². The summed E-state index contributed by atoms with van der Waals surface area (Å²) in [6.07, 6.45) is 0. The Bertz CT molecular complexity index is 615. The molecular weight excluding hydrogens is 323 g/mol. The molecule has 0 spiro atoms. The molecule has 4 nitrogen and oxygen atoms in total. The SMILES string of the molecule is Cc1nc(Nc2ccc(F)c(Br)c2)sc1C(=O)O. The van der Waals surface area contributed by atoms with Crippen LogP contribution in [0, 0.1) is 12.7 Å². The molecule has 0 aliphatic heterocycles. The lowest BCUT2D eigenvalue weighted by molar-refractivity contribution is 0.0701. The zero-order valence-electron chi connectivity index (χ0n) is 9.20. The molecule has 94 valence electrons. The van der Waals surface area contributed by atoms with E-state index in [4.69, 9.17) is 5.11 Å². The number of thiazole rings is 1. The van der Waals surface area contributed by atoms with E-state index in [9.17, 15) is 9.18 Å². The number of aromatic carboxylic acids is 1. The van der Waals surface area contributed by atoms with Gasteiger partial charge in [0.15, 0.2) is 5.13 Å². The van der Waals surface area contributed by atoms with Crippen LogP contribution in [0.4, 0.5) is 15.2 Å². The Labute approximate surface area is 115 Å². The average molecular weight is 331 g/mol. The van der Waals surface area contributed by atoms with E-state index in [1.165, 1.54) is 6.07 Å². The minimum absolute atomic E-state index is 0.193. The van der Waals surface area contributed by atoms with Gasteiger partial charge in [-0.2, -0.15) is 0 Å². The second kappa shape index (κ2) is 5.03. The molecule has 2 aromatic rings. The van der Waals surface area contributed by atoms with Crippen molar-refractivity contribution in [1.82, 2.24) is 4.98 Å². The lowest BCUT2D eigenvalue weighted by Gasteiger charge is -2.03. The number of carbonyl (C=O) groups is 1. The number of benzene rings is 1. The molecule has 0 unspecified atom stereocenters. The van der Waals surface area contributed by atoms with Gasteiger partial charge in [0.1, 0.15) is 10.7 Å². The first-order valence-electron chi connectivity index (χ1n) is 4.90. The molecule has 0 bridgehead atoms. The lowest BCUT2D eigenvalue weighted by atomic mass is 10.3. The molecule has 0 aliphatic rings. The Hall–Kier alpha value is -1.47. The third-order valence-electron chi connectivity index (χ3n) is 2.16. The van der Waals surface area contributed by atoms with Crippen LogP contribution in [0.2, 0.25) is 0 Å². The van der Waals surface area contributed by atoms with E-state index in [-0.39, 0.29) is 10.7 Å². The molecule has 0 atom stereocenters. The number of anilines is 2. The topological polar surface area (TPSA) is 62.2 Å². The summed E-state index contributed by atoms with van der Waals surface area (Å²) in [5.74, 6) is -1.36. The van der Waals surface area contributed by atoms with Crippen LogP contribution < -0.4 is 5.32 Å². The molecule has 7 heteroatoms. The van der Waals surface area contributed by atoms with Crippen LogP contribution in [0.25, 0.3) is 0 Å². The number of rotatable bonds is 3. The molecule has 18 heavy (non-hydrogen) atoms. The first-order valence-corrected chi connectivity index (χ1v) is 6.51. The van der Waals surface area contributed by atoms with E-state index in [1.807, 2.05) is 0 Å². The lowest BCUT2D eigenvalue weighted by Crippen LogP contribution is -1.94. The minimum atomic E-state index is -1.00. The monoisotopic (exact) mass is 330 g/mol. The second-order valence-corrected chi connectivity index (χ2v) is 5.35. The van der Waals surface area contributed by atoms with Crippen molar-refractivity contribution in [3.63, 3.8) is 0 Å². The highest BCUT2D eigenvalue weighted by Gasteiger charge is 2.14. The third-order valence-corrected chi connectivity index (χ3v) is 3.83. The van der Waals surface area contributed by atoms with Gasteiger partial charge in [0.2, 0.25) is 0 Å². The fourth-order valence-electron chi connectivity index (χ4n) is 1.35. The van der Waals surface area contributed by atoms with Crippen LogP contribution in [0.15, 0.2) is 22.7 Å². The fourth-order valence-corrected chi connectivity index (χ4v) is 2.55. The van der Waals surface area contributed by atoms with Gasteiger partial charge in [-0.25, -0.2) is 14.2 Å². The first kappa shape index (κ1) is 13.0. The number of aryl methyl sites for hydroxylation is 1. The van der Waals surface area contributed by atoms with Crippen molar-refractivity contribution in [2.75, 3.05) is 5.32 Å². The summed E-state index contributed by atoms with van der Waals surface area (Å²) in [5.41, 5.74) is 1.09. The third kappa shape index (κ3) is 2.68. The zero-order chi connectivity index (χ0) is 13.3. The highest BCUT2D eigenvalue weighted by atomic mass is 79.9. The van der Waals surface area contributed by atoms with Crippen molar-refractivity contribution in [2.24, 2.45) is 0 Å². The van der Waals surface area contributed by atoms with E-state index < -0.39 is 5.97 Å². The normalized spacial score (nSPS) is 10.4. The predicted molar refractivity (Wildman–Crippen MR) is 71.2 cm³/mol. The summed E-state index contributed by atoms with van der Waals surface area (Å²) >= 11 is 4.12. The molecular formula is C11H8BrFN2O2S. The predicted octanol–water partition coefficient (Wildman–Crippen LogP) is 3.79. The maximum Gasteiger partial charge on any atom is 0.347 e. The first-order chi connectivity index (χ1) is 8.47. The molecule has 0 radical (unpaired) electrons. The Morgan fingerprint density at radius 1 is 1.56 bits per heavy atom. The number of halogens is 2. The van der Waals surface area contributed by atoms with Crippen molar-refractivity contribution in [1.29, 1.82) is 0 Å². The van der Waals surface area contributed by atoms with Crippen LogP contribution in [-0.2, 0) is 0 Å². The summed E-state index contributed by atoms with van der Waals surface area (Å²) in [4.78, 5) is 15.2. The Morgan fingerprint density at radius 3 is 2.83 bits per heavy atom. The fraction of sp³-hybridized carbons (Fsp3) is 0.0909. The van der Waals surface area contributed by atoms with Crippen LogP contribution >= 0.6 is 27.3 Å². The van der Waals surface area contributed by atoms with E-state index in [0.717, 1.165) is 11.3 Å². The number of nitrogens with zero attached hydrogens (tertiary/aromatic N) is 1. The Balaban J connectivity index is 2.26. The van der Waals surface area contributed by atoms with Crippen LogP contribution in [-0.4, -0.2) is 16.1 Å². The summed E-state index contributed by atoms with van der Waals surface area (Å²) < 4.78 is 13.4. The molecule has 0 fully saturated rings. The molecule has 0 saturated carbocycles. The van der Waals surface area contributed by atoms with Crippen LogP contribution in [0.5, 0.6) is 0 Å². The van der Waals surface area contributed by atoms with Crippen molar-refractivity contribution in [3.8, 4) is 0 Å². The van der Waals surface area contributed by atoms with Gasteiger partial charge >= 0.3 is 5.97 Å². The highest BCUT2D eigenvalue weighted by molar-refractivity contribution is 9.10. The van der Waals surface area contributed by atoms with Gasteiger partial charge in [0, 0.05) is 5.69 Å². The molecule has 1 aromatic carbocycles. The Morgan fingerprint density at radius 2 is 2.28 bits per heavy atom. The molecule has 0 amide bonds. The molecule has 1 aromatic heterocycles. The van der Waals surface area contributed by atoms with E-state index in [0.29, 0.717) is 21.0 Å². The van der Waals surface area contributed by atoms with E-state index in [2.05, 4.69) is 26.2 Å². The number of aromatic nitrogens is 1. The van der Waals surface area contributed by atoms with Crippen LogP contribution in [0.1, 0.15) is 15.4 Å². The number of hydrogen-bond donors (Lipinski definition) is 2. The zero-order valence-corrected chi connectivity index (χ0v) is 11.6. The van der Waals surface area contributed by atoms with Crippen molar-refractivity contribution >= 4 is 44.1 Å². The number of carboxylic acid groups (broad SMARTS) is 1. The Kier molecular flexibility index (Phi) is 3.63.